The largest absolute Gasteiger partial charge is 0.493 e. The first-order valence-corrected chi connectivity index (χ1v) is 10.4. The predicted molar refractivity (Wildman–Crippen MR) is 119 cm³/mol. The van der Waals surface area contributed by atoms with Gasteiger partial charge in [0.2, 0.25) is 0 Å². The Balaban J connectivity index is 1.36. The smallest absolute Gasteiger partial charge is 0.415 e. The average molecular weight is 469 g/mol. The highest BCUT2D eigenvalue weighted by Crippen LogP contribution is 2.44. The molecule has 3 aromatic rings. The lowest BCUT2D eigenvalue weighted by Gasteiger charge is -2.20. The molecule has 4 rings (SSSR count). The van der Waals surface area contributed by atoms with Gasteiger partial charge in [0, 0.05) is 5.92 Å². The van der Waals surface area contributed by atoms with Gasteiger partial charge in [0.1, 0.15) is 13.2 Å². The van der Waals surface area contributed by atoms with Gasteiger partial charge in [-0.25, -0.2) is 9.59 Å². The Labute approximate surface area is 193 Å². The van der Waals surface area contributed by atoms with Crippen LogP contribution in [-0.2, 0) is 4.74 Å². The van der Waals surface area contributed by atoms with Crippen LogP contribution in [0.3, 0.4) is 0 Å². The molecule has 0 saturated carbocycles. The summed E-state index contributed by atoms with van der Waals surface area (Å²) in [5.41, 5.74) is 3.96. The zero-order chi connectivity index (χ0) is 24.3. The van der Waals surface area contributed by atoms with E-state index < -0.39 is 24.7 Å². The van der Waals surface area contributed by atoms with E-state index >= 15 is 0 Å². The molecule has 2 N–H and O–H groups in total. The minimum absolute atomic E-state index is 0.0171. The van der Waals surface area contributed by atoms with Gasteiger partial charge in [0.05, 0.1) is 12.7 Å². The van der Waals surface area contributed by atoms with E-state index in [2.05, 4.69) is 4.74 Å². The molecule has 0 aliphatic heterocycles. The number of aromatic carboxylic acids is 1. The lowest BCUT2D eigenvalue weighted by molar-refractivity contribution is -0.171. The number of carboxylic acid groups (broad SMARTS) is 1. The molecule has 34 heavy (non-hydrogen) atoms. The van der Waals surface area contributed by atoms with Gasteiger partial charge in [-0.05, 0) is 40.5 Å². The van der Waals surface area contributed by atoms with Crippen LogP contribution in [-0.4, -0.2) is 43.5 Å². The summed E-state index contributed by atoms with van der Waals surface area (Å²) in [5.74, 6) is -1.99. The van der Waals surface area contributed by atoms with E-state index in [9.17, 15) is 18.4 Å². The number of carbonyl (C=O) groups is 2. The molecule has 1 aliphatic carbocycles. The molecule has 0 bridgehead atoms. The number of alkyl carbamates (subject to hydrolysis) is 1. The Hall–Kier alpha value is -4.14. The fourth-order valence-electron chi connectivity index (χ4n) is 3.91. The van der Waals surface area contributed by atoms with Crippen LogP contribution in [0.5, 0.6) is 11.5 Å². The fraction of sp³-hybridized carbons (Fsp3) is 0.200. The molecule has 1 amide bonds. The van der Waals surface area contributed by atoms with Gasteiger partial charge in [0.15, 0.2) is 11.5 Å². The third-order valence-electron chi connectivity index (χ3n) is 5.45. The van der Waals surface area contributed by atoms with Gasteiger partial charge in [-0.2, -0.15) is 8.78 Å². The van der Waals surface area contributed by atoms with Crippen molar-refractivity contribution in [2.75, 3.05) is 20.3 Å². The van der Waals surface area contributed by atoms with E-state index in [1.807, 2.05) is 53.8 Å². The van der Waals surface area contributed by atoms with Crippen LogP contribution < -0.4 is 14.8 Å². The molecule has 3 aromatic carbocycles. The second-order valence-electron chi connectivity index (χ2n) is 7.59. The van der Waals surface area contributed by atoms with Crippen LogP contribution in [0.2, 0.25) is 0 Å². The van der Waals surface area contributed by atoms with Gasteiger partial charge in [0.25, 0.3) is 0 Å². The molecule has 1 aliphatic rings. The Kier molecular flexibility index (Phi) is 6.36. The number of ether oxygens (including phenoxy) is 3. The molecular formula is C25H21F2NO6. The number of hydrogen-bond donors (Lipinski definition) is 2. The third-order valence-corrected chi connectivity index (χ3v) is 5.45. The molecule has 176 valence electrons. The van der Waals surface area contributed by atoms with Crippen molar-refractivity contribution in [3.8, 4) is 22.6 Å². The number of alkyl halides is 2. The van der Waals surface area contributed by atoms with E-state index in [4.69, 9.17) is 14.6 Å². The summed E-state index contributed by atoms with van der Waals surface area (Å²) in [4.78, 5) is 23.2. The quantitative estimate of drug-likeness (QED) is 0.487. The standard InChI is InChI=1S/C25H21F2NO6/c1-32-22-12-15(23(29)30)10-11-21(22)34-25(26,27)14-28-24(31)33-13-20-18-8-4-2-6-16(18)17-7-3-5-9-19(17)20/h2-12,20H,13-14H2,1H3,(H,28,31)(H,29,30). The SMILES string of the molecule is COc1cc(C(=O)O)ccc1OC(F)(F)CNC(=O)OCC1c2ccccc2-c2ccccc21. The van der Waals surface area contributed by atoms with E-state index in [-0.39, 0.29) is 29.6 Å². The van der Waals surface area contributed by atoms with Crippen molar-refractivity contribution < 1.29 is 37.7 Å². The number of carboxylic acids is 1. The number of methoxy groups -OCH3 is 1. The van der Waals surface area contributed by atoms with Gasteiger partial charge >= 0.3 is 18.2 Å². The van der Waals surface area contributed by atoms with Gasteiger partial charge < -0.3 is 24.6 Å². The zero-order valence-corrected chi connectivity index (χ0v) is 18.1. The molecule has 0 aromatic heterocycles. The van der Waals surface area contributed by atoms with E-state index in [0.29, 0.717) is 0 Å². The second-order valence-corrected chi connectivity index (χ2v) is 7.59. The number of amides is 1. The molecule has 0 saturated heterocycles. The van der Waals surface area contributed by atoms with Gasteiger partial charge in [-0.1, -0.05) is 48.5 Å². The van der Waals surface area contributed by atoms with Crippen LogP contribution in [0.4, 0.5) is 13.6 Å². The topological polar surface area (TPSA) is 94.1 Å². The van der Waals surface area contributed by atoms with Crippen molar-refractivity contribution in [2.24, 2.45) is 0 Å². The Bertz CT molecular complexity index is 1180. The Morgan fingerprint density at radius 3 is 2.18 bits per heavy atom. The van der Waals surface area contributed by atoms with Crippen molar-refractivity contribution >= 4 is 12.1 Å². The Morgan fingerprint density at radius 1 is 0.971 bits per heavy atom. The molecule has 0 atom stereocenters. The maximum Gasteiger partial charge on any atom is 0.415 e. The van der Waals surface area contributed by atoms with Crippen molar-refractivity contribution in [1.82, 2.24) is 5.32 Å². The maximum absolute atomic E-state index is 14.3. The Morgan fingerprint density at radius 2 is 1.59 bits per heavy atom. The molecule has 0 unspecified atom stereocenters. The number of fused-ring (bicyclic) bond motifs is 3. The van der Waals surface area contributed by atoms with Crippen LogP contribution in [0, 0.1) is 0 Å². The minimum atomic E-state index is -3.80. The van der Waals surface area contributed by atoms with Crippen molar-refractivity contribution in [1.29, 1.82) is 0 Å². The monoisotopic (exact) mass is 469 g/mol. The number of halogens is 2. The summed E-state index contributed by atoms with van der Waals surface area (Å²) >= 11 is 0. The molecule has 0 fully saturated rings. The molecule has 9 heteroatoms. The molecule has 0 heterocycles. The van der Waals surface area contributed by atoms with Crippen LogP contribution in [0.25, 0.3) is 11.1 Å². The summed E-state index contributed by atoms with van der Waals surface area (Å²) in [6, 6.07) is 18.8. The molecule has 0 radical (unpaired) electrons. The summed E-state index contributed by atoms with van der Waals surface area (Å²) in [6.07, 6.45) is -4.82. The van der Waals surface area contributed by atoms with E-state index in [0.717, 1.165) is 40.5 Å². The highest BCUT2D eigenvalue weighted by Gasteiger charge is 2.34. The minimum Gasteiger partial charge on any atom is -0.493 e. The second kappa shape index (κ2) is 9.38. The van der Waals surface area contributed by atoms with Gasteiger partial charge in [-0.3, -0.25) is 0 Å². The zero-order valence-electron chi connectivity index (χ0n) is 18.1. The molecule has 0 spiro atoms. The van der Waals surface area contributed by atoms with Crippen molar-refractivity contribution in [3.63, 3.8) is 0 Å². The number of nitrogens with one attached hydrogen (secondary N) is 1. The summed E-state index contributed by atoms with van der Waals surface area (Å²) in [5, 5.41) is 11.0. The first-order valence-electron chi connectivity index (χ1n) is 10.4. The number of rotatable bonds is 8. The first-order chi connectivity index (χ1) is 16.3. The van der Waals surface area contributed by atoms with E-state index in [1.165, 1.54) is 7.11 Å². The third kappa shape index (κ3) is 4.78. The lowest BCUT2D eigenvalue weighted by atomic mass is 9.98. The molecule has 7 nitrogen and oxygen atoms in total. The summed E-state index contributed by atoms with van der Waals surface area (Å²) < 4.78 is 43.5. The normalized spacial score (nSPS) is 12.4. The highest BCUT2D eigenvalue weighted by molar-refractivity contribution is 5.88. The number of carbonyl (C=O) groups excluding carboxylic acids is 1. The first kappa shape index (κ1) is 23.0. The number of hydrogen-bond acceptors (Lipinski definition) is 5. The van der Waals surface area contributed by atoms with Crippen LogP contribution >= 0.6 is 0 Å². The summed E-state index contributed by atoms with van der Waals surface area (Å²) in [7, 11) is 1.20. The number of benzene rings is 3. The fourth-order valence-corrected chi connectivity index (χ4v) is 3.91. The van der Waals surface area contributed by atoms with Crippen LogP contribution in [0.15, 0.2) is 66.7 Å². The lowest BCUT2D eigenvalue weighted by Crippen LogP contribution is -2.41. The molecular weight excluding hydrogens is 448 g/mol. The van der Waals surface area contributed by atoms with Gasteiger partial charge in [-0.15, -0.1) is 0 Å². The predicted octanol–water partition coefficient (Wildman–Crippen LogP) is 4.90. The highest BCUT2D eigenvalue weighted by atomic mass is 19.3. The average Bonchev–Trinajstić information content (AvgIpc) is 3.15. The maximum atomic E-state index is 14.3. The summed E-state index contributed by atoms with van der Waals surface area (Å²) in [6.45, 7) is -1.18. The van der Waals surface area contributed by atoms with E-state index in [1.54, 1.807) is 0 Å². The van der Waals surface area contributed by atoms with Crippen molar-refractivity contribution in [3.05, 3.63) is 83.4 Å². The van der Waals surface area contributed by atoms with Crippen LogP contribution in [0.1, 0.15) is 27.4 Å². The van der Waals surface area contributed by atoms with Crippen molar-refractivity contribution in [2.45, 2.75) is 12.0 Å².